The van der Waals surface area contributed by atoms with Crippen LogP contribution in [0, 0.1) is 0 Å². The highest BCUT2D eigenvalue weighted by atomic mass is 16.5. The Morgan fingerprint density at radius 3 is 2.30 bits per heavy atom. The Kier molecular flexibility index (Phi) is 7.59. The first-order valence-electron chi connectivity index (χ1n) is 11.0. The van der Waals surface area contributed by atoms with Gasteiger partial charge in [0.1, 0.15) is 17.5 Å². The van der Waals surface area contributed by atoms with Gasteiger partial charge in [-0.2, -0.15) is 0 Å². The minimum absolute atomic E-state index is 0.169. The first-order chi connectivity index (χ1) is 15.7. The summed E-state index contributed by atoms with van der Waals surface area (Å²) in [7, 11) is 1.61. The van der Waals surface area contributed by atoms with E-state index in [9.17, 15) is 9.59 Å². The van der Waals surface area contributed by atoms with E-state index in [4.69, 9.17) is 9.47 Å². The van der Waals surface area contributed by atoms with Gasteiger partial charge in [0.2, 0.25) is 5.91 Å². The Hall–Kier alpha value is -3.54. The molecular formula is C27H32N2O4. The molecule has 0 saturated carbocycles. The van der Waals surface area contributed by atoms with Crippen LogP contribution >= 0.6 is 0 Å². The summed E-state index contributed by atoms with van der Waals surface area (Å²) < 4.78 is 11.1. The van der Waals surface area contributed by atoms with E-state index in [-0.39, 0.29) is 25.0 Å². The van der Waals surface area contributed by atoms with Crippen LogP contribution < -0.4 is 14.8 Å². The minimum Gasteiger partial charge on any atom is -0.497 e. The lowest BCUT2D eigenvalue weighted by molar-refractivity contribution is -0.142. The van der Waals surface area contributed by atoms with Crippen molar-refractivity contribution in [2.75, 3.05) is 13.7 Å². The molecule has 174 valence electrons. The Bertz CT molecular complexity index is 1100. The van der Waals surface area contributed by atoms with E-state index >= 15 is 0 Å². The van der Waals surface area contributed by atoms with E-state index in [1.807, 2.05) is 87.5 Å². The average molecular weight is 449 g/mol. The molecule has 3 aromatic carbocycles. The quantitative estimate of drug-likeness (QED) is 0.549. The second-order valence-electron chi connectivity index (χ2n) is 9.05. The van der Waals surface area contributed by atoms with Crippen molar-refractivity contribution >= 4 is 22.6 Å². The number of carbonyl (C=O) groups excluding carboxylic acids is 2. The Balaban J connectivity index is 1.80. The maximum Gasteiger partial charge on any atom is 0.261 e. The standard InChI is InChI=1S/C27H32N2O4/c1-19(26(31)28-27(2,3)4)29(17-20-13-15-22(32-5)16-14-20)25(30)18-33-24-12-8-10-21-9-6-7-11-23(21)24/h6-16,19H,17-18H2,1-5H3,(H,28,31). The Morgan fingerprint density at radius 2 is 1.64 bits per heavy atom. The van der Waals surface area contributed by atoms with E-state index < -0.39 is 11.6 Å². The van der Waals surface area contributed by atoms with E-state index in [0.717, 1.165) is 22.1 Å². The van der Waals surface area contributed by atoms with Crippen molar-refractivity contribution < 1.29 is 19.1 Å². The molecule has 0 bridgehead atoms. The molecule has 0 aromatic heterocycles. The summed E-state index contributed by atoms with van der Waals surface area (Å²) in [6, 6.07) is 20.4. The van der Waals surface area contributed by atoms with Gasteiger partial charge in [0.05, 0.1) is 7.11 Å². The number of ether oxygens (including phenoxy) is 2. The van der Waals surface area contributed by atoms with Crippen molar-refractivity contribution in [3.63, 3.8) is 0 Å². The van der Waals surface area contributed by atoms with Crippen molar-refractivity contribution in [2.24, 2.45) is 0 Å². The highest BCUT2D eigenvalue weighted by Gasteiger charge is 2.28. The first kappa shape index (κ1) is 24.1. The fourth-order valence-corrected chi connectivity index (χ4v) is 3.53. The summed E-state index contributed by atoms with van der Waals surface area (Å²) >= 11 is 0. The van der Waals surface area contributed by atoms with Crippen molar-refractivity contribution in [3.8, 4) is 11.5 Å². The van der Waals surface area contributed by atoms with Crippen LogP contribution in [0.1, 0.15) is 33.3 Å². The highest BCUT2D eigenvalue weighted by molar-refractivity contribution is 5.90. The lowest BCUT2D eigenvalue weighted by atomic mass is 10.1. The molecule has 0 aliphatic carbocycles. The fourth-order valence-electron chi connectivity index (χ4n) is 3.53. The SMILES string of the molecule is COc1ccc(CN(C(=O)COc2cccc3ccccc23)C(C)C(=O)NC(C)(C)C)cc1. The monoisotopic (exact) mass is 448 g/mol. The van der Waals surface area contributed by atoms with Gasteiger partial charge in [-0.1, -0.05) is 48.5 Å². The smallest absolute Gasteiger partial charge is 0.261 e. The molecule has 3 rings (SSSR count). The van der Waals surface area contributed by atoms with Crippen LogP contribution in [-0.4, -0.2) is 42.0 Å². The van der Waals surface area contributed by atoms with Gasteiger partial charge in [-0.25, -0.2) is 0 Å². The van der Waals surface area contributed by atoms with Crippen molar-refractivity contribution in [3.05, 3.63) is 72.3 Å². The van der Waals surface area contributed by atoms with Gasteiger partial charge in [-0.05, 0) is 56.8 Å². The van der Waals surface area contributed by atoms with Gasteiger partial charge >= 0.3 is 0 Å². The number of amides is 2. The van der Waals surface area contributed by atoms with Gasteiger partial charge in [-0.3, -0.25) is 9.59 Å². The zero-order valence-corrected chi connectivity index (χ0v) is 19.9. The molecule has 0 spiro atoms. The van der Waals surface area contributed by atoms with Gasteiger partial charge in [0.25, 0.3) is 5.91 Å². The third kappa shape index (κ3) is 6.48. The summed E-state index contributed by atoms with van der Waals surface area (Å²) in [6.45, 7) is 7.59. The average Bonchev–Trinajstić information content (AvgIpc) is 2.79. The number of hydrogen-bond acceptors (Lipinski definition) is 4. The van der Waals surface area contributed by atoms with Gasteiger partial charge in [-0.15, -0.1) is 0 Å². The molecular weight excluding hydrogens is 416 g/mol. The molecule has 6 nitrogen and oxygen atoms in total. The van der Waals surface area contributed by atoms with Gasteiger partial charge < -0.3 is 19.7 Å². The topological polar surface area (TPSA) is 67.9 Å². The normalized spacial score (nSPS) is 12.2. The number of methoxy groups -OCH3 is 1. The molecule has 0 saturated heterocycles. The van der Waals surface area contributed by atoms with Gasteiger partial charge in [0, 0.05) is 17.5 Å². The molecule has 6 heteroatoms. The molecule has 0 aliphatic rings. The van der Waals surface area contributed by atoms with E-state index in [1.54, 1.807) is 18.9 Å². The number of benzene rings is 3. The second kappa shape index (κ2) is 10.4. The second-order valence-corrected chi connectivity index (χ2v) is 9.05. The van der Waals surface area contributed by atoms with E-state index in [1.165, 1.54) is 0 Å². The Labute approximate surface area is 195 Å². The number of rotatable bonds is 8. The lowest BCUT2D eigenvalue weighted by Gasteiger charge is -2.31. The summed E-state index contributed by atoms with van der Waals surface area (Å²) in [5.74, 6) is 0.886. The zero-order valence-electron chi connectivity index (χ0n) is 19.9. The van der Waals surface area contributed by atoms with Crippen molar-refractivity contribution in [1.82, 2.24) is 10.2 Å². The summed E-state index contributed by atoms with van der Waals surface area (Å²) in [6.07, 6.45) is 0. The zero-order chi connectivity index (χ0) is 24.0. The van der Waals surface area contributed by atoms with Crippen molar-refractivity contribution in [2.45, 2.75) is 45.8 Å². The van der Waals surface area contributed by atoms with Crippen LogP contribution in [0.3, 0.4) is 0 Å². The predicted octanol–water partition coefficient (Wildman–Crippen LogP) is 4.56. The molecule has 1 unspecified atom stereocenters. The van der Waals surface area contributed by atoms with Crippen LogP contribution in [0.15, 0.2) is 66.7 Å². The van der Waals surface area contributed by atoms with Crippen LogP contribution in [0.2, 0.25) is 0 Å². The minimum atomic E-state index is -0.671. The van der Waals surface area contributed by atoms with Crippen LogP contribution in [0.25, 0.3) is 10.8 Å². The van der Waals surface area contributed by atoms with E-state index in [0.29, 0.717) is 5.75 Å². The molecule has 3 aromatic rings. The van der Waals surface area contributed by atoms with Crippen molar-refractivity contribution in [1.29, 1.82) is 0 Å². The third-order valence-corrected chi connectivity index (χ3v) is 5.28. The molecule has 0 heterocycles. The molecule has 33 heavy (non-hydrogen) atoms. The molecule has 1 N–H and O–H groups in total. The van der Waals surface area contributed by atoms with Crippen LogP contribution in [-0.2, 0) is 16.1 Å². The summed E-state index contributed by atoms with van der Waals surface area (Å²) in [5.41, 5.74) is 0.490. The first-order valence-corrected chi connectivity index (χ1v) is 11.0. The molecule has 2 amide bonds. The fraction of sp³-hybridized carbons (Fsp3) is 0.333. The number of carbonyl (C=O) groups is 2. The molecule has 1 atom stereocenters. The lowest BCUT2D eigenvalue weighted by Crippen LogP contribution is -2.53. The van der Waals surface area contributed by atoms with Crippen LogP contribution in [0.4, 0.5) is 0 Å². The maximum absolute atomic E-state index is 13.3. The number of nitrogens with one attached hydrogen (secondary N) is 1. The number of nitrogens with zero attached hydrogens (tertiary/aromatic N) is 1. The molecule has 0 radical (unpaired) electrons. The van der Waals surface area contributed by atoms with E-state index in [2.05, 4.69) is 5.32 Å². The molecule has 0 fully saturated rings. The van der Waals surface area contributed by atoms with Crippen LogP contribution in [0.5, 0.6) is 11.5 Å². The third-order valence-electron chi connectivity index (χ3n) is 5.28. The van der Waals surface area contributed by atoms with Gasteiger partial charge in [0.15, 0.2) is 6.61 Å². The summed E-state index contributed by atoms with van der Waals surface area (Å²) in [4.78, 5) is 27.7. The number of hydrogen-bond donors (Lipinski definition) is 1. The molecule has 0 aliphatic heterocycles. The predicted molar refractivity (Wildman–Crippen MR) is 130 cm³/mol. The summed E-state index contributed by atoms with van der Waals surface area (Å²) in [5, 5.41) is 4.94. The highest BCUT2D eigenvalue weighted by Crippen LogP contribution is 2.25. The Morgan fingerprint density at radius 1 is 0.970 bits per heavy atom. The largest absolute Gasteiger partial charge is 0.497 e. The number of fused-ring (bicyclic) bond motifs is 1. The maximum atomic E-state index is 13.3.